The second-order valence-electron chi connectivity index (χ2n) is 5.76. The van der Waals surface area contributed by atoms with Crippen LogP contribution in [0.1, 0.15) is 20.8 Å². The highest BCUT2D eigenvalue weighted by atomic mass is 79.9. The van der Waals surface area contributed by atoms with Crippen molar-refractivity contribution in [2.45, 2.75) is 37.3 Å². The number of hydrogen-bond donors (Lipinski definition) is 2. The van der Waals surface area contributed by atoms with Gasteiger partial charge in [-0.3, -0.25) is 4.79 Å². The maximum atomic E-state index is 13.6. The van der Waals surface area contributed by atoms with E-state index in [0.29, 0.717) is 15.9 Å². The van der Waals surface area contributed by atoms with Crippen molar-refractivity contribution in [1.82, 2.24) is 5.32 Å². The number of fused-ring (bicyclic) bond motifs is 1. The summed E-state index contributed by atoms with van der Waals surface area (Å²) in [5, 5.41) is 5.15. The van der Waals surface area contributed by atoms with Crippen molar-refractivity contribution in [3.05, 3.63) is 22.4 Å². The molecule has 0 aromatic heterocycles. The predicted octanol–water partition coefficient (Wildman–Crippen LogP) is 3.53. The van der Waals surface area contributed by atoms with E-state index in [1.54, 1.807) is 26.8 Å². The normalized spacial score (nSPS) is 18.0. The average molecular weight is 391 g/mol. The van der Waals surface area contributed by atoms with Gasteiger partial charge in [-0.05, 0) is 48.8 Å². The zero-order chi connectivity index (χ0) is 16.5. The molecule has 0 unspecified atom stereocenters. The van der Waals surface area contributed by atoms with Crippen LogP contribution in [0.25, 0.3) is 0 Å². The van der Waals surface area contributed by atoms with Crippen LogP contribution in [0.5, 0.6) is 0 Å². The summed E-state index contributed by atoms with van der Waals surface area (Å²) in [6, 6.07) is 2.10. The summed E-state index contributed by atoms with van der Waals surface area (Å²) in [5.41, 5.74) is -0.251. The molecule has 8 heteroatoms. The number of amides is 2. The molecule has 0 aliphatic carbocycles. The Labute approximate surface area is 140 Å². The van der Waals surface area contributed by atoms with Gasteiger partial charge in [0.25, 0.3) is 0 Å². The Bertz CT molecular complexity index is 619. The van der Waals surface area contributed by atoms with Crippen LogP contribution >= 0.6 is 27.7 Å². The third-order valence-corrected chi connectivity index (χ3v) is 4.45. The number of halogens is 2. The maximum absolute atomic E-state index is 13.6. The van der Waals surface area contributed by atoms with Gasteiger partial charge in [-0.25, -0.2) is 9.18 Å². The van der Waals surface area contributed by atoms with E-state index in [-0.39, 0.29) is 0 Å². The molecule has 0 saturated carbocycles. The van der Waals surface area contributed by atoms with Gasteiger partial charge in [0.05, 0.1) is 10.2 Å². The number of hydrogen-bond acceptors (Lipinski definition) is 4. The summed E-state index contributed by atoms with van der Waals surface area (Å²) in [4.78, 5) is 24.7. The fourth-order valence-electron chi connectivity index (χ4n) is 1.77. The minimum atomic E-state index is -0.755. The van der Waals surface area contributed by atoms with Gasteiger partial charge in [0, 0.05) is 10.6 Å². The highest BCUT2D eigenvalue weighted by Crippen LogP contribution is 2.34. The summed E-state index contributed by atoms with van der Waals surface area (Å²) in [6.45, 7) is 5.22. The Hall–Kier alpha value is -1.28. The lowest BCUT2D eigenvalue weighted by Crippen LogP contribution is -2.46. The fraction of sp³-hybridized carbons (Fsp3) is 0.429. The molecule has 1 aliphatic heterocycles. The van der Waals surface area contributed by atoms with E-state index in [0.717, 1.165) is 4.90 Å². The van der Waals surface area contributed by atoms with Gasteiger partial charge >= 0.3 is 6.09 Å². The van der Waals surface area contributed by atoms with Gasteiger partial charge in [-0.1, -0.05) is 0 Å². The van der Waals surface area contributed by atoms with Crippen molar-refractivity contribution in [1.29, 1.82) is 0 Å². The zero-order valence-electron chi connectivity index (χ0n) is 12.3. The van der Waals surface area contributed by atoms with E-state index >= 15 is 0 Å². The third-order valence-electron chi connectivity index (χ3n) is 2.69. The maximum Gasteiger partial charge on any atom is 0.408 e. The smallest absolute Gasteiger partial charge is 0.408 e. The van der Waals surface area contributed by atoms with E-state index in [4.69, 9.17) is 4.74 Å². The molecular weight excluding hydrogens is 375 g/mol. The van der Waals surface area contributed by atoms with Crippen molar-refractivity contribution in [2.75, 3.05) is 11.1 Å². The molecule has 1 aliphatic rings. The van der Waals surface area contributed by atoms with E-state index in [2.05, 4.69) is 26.6 Å². The first-order valence-electron chi connectivity index (χ1n) is 6.58. The first-order chi connectivity index (χ1) is 10.2. The number of nitrogens with one attached hydrogen (secondary N) is 2. The number of alkyl carbamates (subject to hydrolysis) is 1. The standard InChI is InChI=1S/C14H16BrFN2O3S/c1-14(2,3)21-13(20)18-10-6-22-11-4-7(15)8(16)5-9(11)17-12(10)19/h4-5,10H,6H2,1-3H3,(H,17,19)(H,18,20)/t10-/m0/s1. The molecule has 1 atom stereocenters. The van der Waals surface area contributed by atoms with Gasteiger partial charge < -0.3 is 15.4 Å². The van der Waals surface area contributed by atoms with E-state index in [1.165, 1.54) is 17.8 Å². The predicted molar refractivity (Wildman–Crippen MR) is 86.6 cm³/mol. The molecule has 0 bridgehead atoms. The highest BCUT2D eigenvalue weighted by Gasteiger charge is 2.28. The van der Waals surface area contributed by atoms with Crippen LogP contribution in [0.4, 0.5) is 14.9 Å². The van der Waals surface area contributed by atoms with E-state index in [9.17, 15) is 14.0 Å². The van der Waals surface area contributed by atoms with Crippen molar-refractivity contribution in [3.63, 3.8) is 0 Å². The molecule has 2 amide bonds. The van der Waals surface area contributed by atoms with Crippen LogP contribution in [0.3, 0.4) is 0 Å². The van der Waals surface area contributed by atoms with Crippen molar-refractivity contribution >= 4 is 45.4 Å². The Kier molecular flexibility index (Phi) is 5.01. The molecule has 0 saturated heterocycles. The van der Waals surface area contributed by atoms with Crippen LogP contribution < -0.4 is 10.6 Å². The Balaban J connectivity index is 2.10. The summed E-state index contributed by atoms with van der Waals surface area (Å²) in [6.07, 6.45) is -0.661. The summed E-state index contributed by atoms with van der Waals surface area (Å²) in [7, 11) is 0. The van der Waals surface area contributed by atoms with Gasteiger partial charge in [-0.2, -0.15) is 0 Å². The van der Waals surface area contributed by atoms with Gasteiger partial charge in [0.1, 0.15) is 17.5 Å². The van der Waals surface area contributed by atoms with Crippen LogP contribution in [0.15, 0.2) is 21.5 Å². The number of anilines is 1. The Morgan fingerprint density at radius 1 is 1.50 bits per heavy atom. The zero-order valence-corrected chi connectivity index (χ0v) is 14.7. The number of ether oxygens (including phenoxy) is 1. The fourth-order valence-corrected chi connectivity index (χ4v) is 3.31. The number of benzene rings is 1. The van der Waals surface area contributed by atoms with Crippen LogP contribution in [-0.2, 0) is 9.53 Å². The summed E-state index contributed by atoms with van der Waals surface area (Å²) < 4.78 is 19.0. The molecule has 2 N–H and O–H groups in total. The van der Waals surface area contributed by atoms with E-state index in [1.807, 2.05) is 0 Å². The lowest BCUT2D eigenvalue weighted by atomic mass is 10.2. The second-order valence-corrected chi connectivity index (χ2v) is 7.68. The minimum absolute atomic E-state index is 0.326. The third kappa shape index (κ3) is 4.36. The van der Waals surface area contributed by atoms with Crippen molar-refractivity contribution in [3.8, 4) is 0 Å². The molecule has 0 fully saturated rings. The highest BCUT2D eigenvalue weighted by molar-refractivity contribution is 9.10. The topological polar surface area (TPSA) is 67.4 Å². The van der Waals surface area contributed by atoms with Crippen molar-refractivity contribution < 1.29 is 18.7 Å². The summed E-state index contributed by atoms with van der Waals surface area (Å²) >= 11 is 4.47. The number of thioether (sulfide) groups is 1. The van der Waals surface area contributed by atoms with Crippen LogP contribution in [-0.4, -0.2) is 29.4 Å². The molecule has 2 rings (SSSR count). The largest absolute Gasteiger partial charge is 0.444 e. The number of rotatable bonds is 1. The first-order valence-corrected chi connectivity index (χ1v) is 8.36. The molecule has 0 radical (unpaired) electrons. The Morgan fingerprint density at radius 3 is 2.82 bits per heavy atom. The quantitative estimate of drug-likeness (QED) is 0.769. The minimum Gasteiger partial charge on any atom is -0.444 e. The van der Waals surface area contributed by atoms with Gasteiger partial charge in [0.15, 0.2) is 0 Å². The van der Waals surface area contributed by atoms with Gasteiger partial charge in [0.2, 0.25) is 5.91 Å². The molecule has 5 nitrogen and oxygen atoms in total. The molecule has 22 heavy (non-hydrogen) atoms. The number of carbonyl (C=O) groups excluding carboxylic acids is 2. The number of carbonyl (C=O) groups is 2. The average Bonchev–Trinajstić information content (AvgIpc) is 2.49. The molecular formula is C14H16BrFN2O3S. The molecule has 1 aromatic carbocycles. The molecule has 1 aromatic rings. The lowest BCUT2D eigenvalue weighted by molar-refractivity contribution is -0.117. The second kappa shape index (κ2) is 6.45. The van der Waals surface area contributed by atoms with E-state index < -0.39 is 29.5 Å². The molecule has 120 valence electrons. The summed E-state index contributed by atoms with van der Waals surface area (Å²) in [5.74, 6) is -0.534. The van der Waals surface area contributed by atoms with Crippen molar-refractivity contribution in [2.24, 2.45) is 0 Å². The SMILES string of the molecule is CC(C)(C)OC(=O)N[C@H]1CSc2cc(Br)c(F)cc2NC1=O. The van der Waals surface area contributed by atoms with Gasteiger partial charge in [-0.15, -0.1) is 11.8 Å². The Morgan fingerprint density at radius 2 is 2.18 bits per heavy atom. The molecule has 1 heterocycles. The molecule has 0 spiro atoms. The van der Waals surface area contributed by atoms with Crippen LogP contribution in [0, 0.1) is 5.82 Å². The first kappa shape index (κ1) is 17.1. The monoisotopic (exact) mass is 390 g/mol. The lowest BCUT2D eigenvalue weighted by Gasteiger charge is -2.22. The van der Waals surface area contributed by atoms with Crippen LogP contribution in [0.2, 0.25) is 0 Å².